The predicted molar refractivity (Wildman–Crippen MR) is 57.6 cm³/mol. The summed E-state index contributed by atoms with van der Waals surface area (Å²) in [5.41, 5.74) is 0. The number of carbonyl (C=O) groups is 2. The molecule has 0 aromatic heterocycles. The zero-order chi connectivity index (χ0) is 12.1. The van der Waals surface area contributed by atoms with Crippen molar-refractivity contribution in [1.82, 2.24) is 5.32 Å². The molecule has 0 fully saturated rings. The highest BCUT2D eigenvalue weighted by atomic mass is 16.5. The van der Waals surface area contributed by atoms with Gasteiger partial charge in [0.2, 0.25) is 0 Å². The van der Waals surface area contributed by atoms with Gasteiger partial charge in [0.15, 0.2) is 0 Å². The number of aliphatic carboxylic acids is 1. The van der Waals surface area contributed by atoms with Gasteiger partial charge >= 0.3 is 11.9 Å². The third-order valence-corrected chi connectivity index (χ3v) is 1.08. The minimum Gasteiger partial charge on any atom is -0.481 e. The van der Waals surface area contributed by atoms with E-state index in [1.165, 1.54) is 6.08 Å². The van der Waals surface area contributed by atoms with Crippen LogP contribution in [0.1, 0.15) is 19.8 Å². The van der Waals surface area contributed by atoms with E-state index < -0.39 is 11.9 Å². The maximum absolute atomic E-state index is 10.6. The number of allylic oxidation sites excluding steroid dienone is 1. The van der Waals surface area contributed by atoms with Gasteiger partial charge in [0, 0.05) is 12.5 Å². The van der Waals surface area contributed by atoms with Crippen molar-refractivity contribution in [2.75, 3.05) is 20.7 Å². The van der Waals surface area contributed by atoms with Gasteiger partial charge in [-0.2, -0.15) is 0 Å². The van der Waals surface area contributed by atoms with Crippen LogP contribution in [0.2, 0.25) is 0 Å². The van der Waals surface area contributed by atoms with Crippen LogP contribution in [-0.4, -0.2) is 37.7 Å². The largest absolute Gasteiger partial charge is 0.481 e. The van der Waals surface area contributed by atoms with Gasteiger partial charge in [-0.3, -0.25) is 4.79 Å². The number of esters is 1. The number of hydrogen-bond acceptors (Lipinski definition) is 4. The molecule has 0 aromatic carbocycles. The third kappa shape index (κ3) is 19.2. The van der Waals surface area contributed by atoms with E-state index in [-0.39, 0.29) is 13.0 Å². The van der Waals surface area contributed by atoms with Crippen molar-refractivity contribution in [2.45, 2.75) is 19.8 Å². The minimum absolute atomic E-state index is 0.0309. The Morgan fingerprint density at radius 2 is 1.93 bits per heavy atom. The van der Waals surface area contributed by atoms with Crippen molar-refractivity contribution >= 4 is 11.9 Å². The standard InChI is InChI=1S/C8H12O4.C2H7N/c1-2-4-8(11)12-6-3-5-7(9)10;1-3-2/h2,4H,3,5-6H2,1H3,(H,9,10);3H,1-2H3. The van der Waals surface area contributed by atoms with Gasteiger partial charge in [-0.15, -0.1) is 0 Å². The SMILES string of the molecule is CC=CC(=O)OCCCC(=O)O.CNC. The Morgan fingerprint density at radius 3 is 2.33 bits per heavy atom. The van der Waals surface area contributed by atoms with Gasteiger partial charge in [-0.05, 0) is 27.4 Å². The molecule has 0 rings (SSSR count). The monoisotopic (exact) mass is 217 g/mol. The molecule has 2 N–H and O–H groups in total. The van der Waals surface area contributed by atoms with Crippen LogP contribution in [-0.2, 0) is 14.3 Å². The number of rotatable bonds is 5. The lowest BCUT2D eigenvalue weighted by Crippen LogP contribution is -2.04. The molecule has 0 aliphatic carbocycles. The lowest BCUT2D eigenvalue weighted by atomic mass is 10.3. The van der Waals surface area contributed by atoms with Crippen molar-refractivity contribution in [3.8, 4) is 0 Å². The quantitative estimate of drug-likeness (QED) is 0.405. The first-order valence-corrected chi connectivity index (χ1v) is 4.68. The zero-order valence-electron chi connectivity index (χ0n) is 9.45. The van der Waals surface area contributed by atoms with E-state index in [1.807, 2.05) is 14.1 Å². The van der Waals surface area contributed by atoms with Crippen LogP contribution in [0.25, 0.3) is 0 Å². The van der Waals surface area contributed by atoms with E-state index in [4.69, 9.17) is 5.11 Å². The highest BCUT2D eigenvalue weighted by Crippen LogP contribution is 1.91. The van der Waals surface area contributed by atoms with Crippen LogP contribution in [0.4, 0.5) is 0 Å². The summed E-state index contributed by atoms with van der Waals surface area (Å²) in [4.78, 5) is 20.6. The molecule has 15 heavy (non-hydrogen) atoms. The summed E-state index contributed by atoms with van der Waals surface area (Å²) in [7, 11) is 3.75. The van der Waals surface area contributed by atoms with Gasteiger partial charge in [0.05, 0.1) is 6.61 Å². The fourth-order valence-electron chi connectivity index (χ4n) is 0.580. The average molecular weight is 217 g/mol. The number of nitrogens with one attached hydrogen (secondary N) is 1. The van der Waals surface area contributed by atoms with Gasteiger partial charge in [0.1, 0.15) is 0 Å². The second-order valence-electron chi connectivity index (χ2n) is 2.66. The summed E-state index contributed by atoms with van der Waals surface area (Å²) < 4.78 is 4.64. The van der Waals surface area contributed by atoms with E-state index >= 15 is 0 Å². The topological polar surface area (TPSA) is 75.6 Å². The molecule has 5 heteroatoms. The van der Waals surface area contributed by atoms with Gasteiger partial charge in [-0.1, -0.05) is 6.08 Å². The molecule has 0 saturated heterocycles. The number of ether oxygens (including phenoxy) is 1. The average Bonchev–Trinajstić information content (AvgIpc) is 2.14. The second kappa shape index (κ2) is 12.6. The molecule has 0 amide bonds. The molecule has 88 valence electrons. The summed E-state index contributed by atoms with van der Waals surface area (Å²) in [6.45, 7) is 1.87. The maximum atomic E-state index is 10.6. The van der Waals surface area contributed by atoms with Crippen LogP contribution in [0.15, 0.2) is 12.2 Å². The molecule has 0 unspecified atom stereocenters. The van der Waals surface area contributed by atoms with E-state index in [0.29, 0.717) is 6.42 Å². The van der Waals surface area contributed by atoms with E-state index in [2.05, 4.69) is 10.1 Å². The normalized spacial score (nSPS) is 9.27. The highest BCUT2D eigenvalue weighted by molar-refractivity contribution is 5.81. The molecule has 0 heterocycles. The summed E-state index contributed by atoms with van der Waals surface area (Å²) in [5, 5.41) is 11.0. The lowest BCUT2D eigenvalue weighted by molar-refractivity contribution is -0.141. The number of carboxylic acids is 1. The minimum atomic E-state index is -0.878. The molecular weight excluding hydrogens is 198 g/mol. The summed E-state index contributed by atoms with van der Waals surface area (Å²) in [6, 6.07) is 0. The fourth-order valence-corrected chi connectivity index (χ4v) is 0.580. The van der Waals surface area contributed by atoms with Gasteiger partial charge < -0.3 is 15.2 Å². The van der Waals surface area contributed by atoms with Crippen molar-refractivity contribution in [1.29, 1.82) is 0 Å². The van der Waals surface area contributed by atoms with Crippen molar-refractivity contribution in [3.05, 3.63) is 12.2 Å². The fraction of sp³-hybridized carbons (Fsp3) is 0.600. The molecule has 0 aliphatic heterocycles. The Morgan fingerprint density at radius 1 is 1.40 bits per heavy atom. The summed E-state index contributed by atoms with van der Waals surface area (Å²) in [5.74, 6) is -1.31. The Hall–Kier alpha value is -1.36. The molecular formula is C10H19NO4. The number of hydrogen-bond donors (Lipinski definition) is 2. The molecule has 0 bridgehead atoms. The van der Waals surface area contributed by atoms with Crippen molar-refractivity contribution in [3.63, 3.8) is 0 Å². The van der Waals surface area contributed by atoms with Crippen LogP contribution in [0.3, 0.4) is 0 Å². The predicted octanol–water partition coefficient (Wildman–Crippen LogP) is 0.806. The molecule has 0 spiro atoms. The summed E-state index contributed by atoms with van der Waals surface area (Å²) >= 11 is 0. The first-order chi connectivity index (χ1) is 7.08. The van der Waals surface area contributed by atoms with Crippen LogP contribution in [0.5, 0.6) is 0 Å². The van der Waals surface area contributed by atoms with Gasteiger partial charge in [0.25, 0.3) is 0 Å². The smallest absolute Gasteiger partial charge is 0.330 e. The number of carbonyl (C=O) groups excluding carboxylic acids is 1. The number of carboxylic acid groups (broad SMARTS) is 1. The third-order valence-electron chi connectivity index (χ3n) is 1.08. The molecule has 0 atom stereocenters. The molecule has 0 aromatic rings. The molecule has 0 aliphatic rings. The Balaban J connectivity index is 0. The van der Waals surface area contributed by atoms with Crippen LogP contribution < -0.4 is 5.32 Å². The van der Waals surface area contributed by atoms with E-state index in [9.17, 15) is 9.59 Å². The summed E-state index contributed by atoms with van der Waals surface area (Å²) in [6.07, 6.45) is 3.25. The molecule has 0 saturated carbocycles. The van der Waals surface area contributed by atoms with Crippen molar-refractivity contribution in [2.24, 2.45) is 0 Å². The van der Waals surface area contributed by atoms with Crippen LogP contribution in [0, 0.1) is 0 Å². The van der Waals surface area contributed by atoms with Crippen molar-refractivity contribution < 1.29 is 19.4 Å². The highest BCUT2D eigenvalue weighted by Gasteiger charge is 1.98. The van der Waals surface area contributed by atoms with Crippen LogP contribution >= 0.6 is 0 Å². The van der Waals surface area contributed by atoms with E-state index in [0.717, 1.165) is 0 Å². The molecule has 0 radical (unpaired) electrons. The first kappa shape index (κ1) is 16.1. The Kier molecular flexibility index (Phi) is 13.6. The molecule has 5 nitrogen and oxygen atoms in total. The second-order valence-corrected chi connectivity index (χ2v) is 2.66. The van der Waals surface area contributed by atoms with Gasteiger partial charge in [-0.25, -0.2) is 4.79 Å². The Bertz CT molecular complexity index is 202. The zero-order valence-corrected chi connectivity index (χ0v) is 9.45. The lowest BCUT2D eigenvalue weighted by Gasteiger charge is -1.98. The first-order valence-electron chi connectivity index (χ1n) is 4.68. The van der Waals surface area contributed by atoms with E-state index in [1.54, 1.807) is 13.0 Å². The maximum Gasteiger partial charge on any atom is 0.330 e. The Labute approximate surface area is 90.1 Å².